The van der Waals surface area contributed by atoms with Crippen molar-refractivity contribution >= 4 is 16.2 Å². The highest BCUT2D eigenvalue weighted by Crippen LogP contribution is 2.55. The van der Waals surface area contributed by atoms with E-state index in [2.05, 4.69) is 4.18 Å². The predicted octanol–water partition coefficient (Wildman–Crippen LogP) is 4.05. The van der Waals surface area contributed by atoms with Crippen molar-refractivity contribution in [3.05, 3.63) is 11.8 Å². The minimum atomic E-state index is -7.41. The maximum atomic E-state index is 13.9. The normalized spacial score (nSPS) is 23.2. The Morgan fingerprint density at radius 3 is 2.00 bits per heavy atom. The van der Waals surface area contributed by atoms with Crippen LogP contribution in [-0.4, -0.2) is 73.6 Å². The average molecular weight is 523 g/mol. The number of halogens is 9. The molecule has 0 aromatic rings. The summed E-state index contributed by atoms with van der Waals surface area (Å²) in [6.45, 7) is 3.95. The molecule has 2 atom stereocenters. The van der Waals surface area contributed by atoms with E-state index < -0.39 is 69.4 Å². The Kier molecular flexibility index (Phi) is 6.70. The van der Waals surface area contributed by atoms with E-state index in [-0.39, 0.29) is 13.2 Å². The number of hydrogen-bond acceptors (Lipinski definition) is 6. The molecule has 2 aliphatic heterocycles. The first-order valence-electron chi connectivity index (χ1n) is 8.99. The number of alkyl halides is 9. The van der Waals surface area contributed by atoms with Gasteiger partial charge < -0.3 is 13.7 Å². The number of carbonyl (C=O) groups excluding carboxylic acids is 1. The van der Waals surface area contributed by atoms with Crippen molar-refractivity contribution in [1.29, 1.82) is 0 Å². The second-order valence-electron chi connectivity index (χ2n) is 8.18. The zero-order valence-electron chi connectivity index (χ0n) is 17.1. The van der Waals surface area contributed by atoms with Gasteiger partial charge in [0.25, 0.3) is 0 Å². The minimum absolute atomic E-state index is 0.296. The van der Waals surface area contributed by atoms with Gasteiger partial charge in [0, 0.05) is 6.42 Å². The van der Waals surface area contributed by atoms with Gasteiger partial charge in [-0.2, -0.15) is 47.9 Å². The summed E-state index contributed by atoms with van der Waals surface area (Å²) in [7, 11) is -7.07. The predicted molar refractivity (Wildman–Crippen MR) is 90.1 cm³/mol. The summed E-state index contributed by atoms with van der Waals surface area (Å²) in [5.41, 5.74) is -0.965. The van der Waals surface area contributed by atoms with Crippen LogP contribution in [0.5, 0.6) is 0 Å². The third-order valence-corrected chi connectivity index (χ3v) is 5.73. The summed E-state index contributed by atoms with van der Waals surface area (Å²) < 4.78 is 155. The fraction of sp³-hybridized carbons (Fsp3) is 0.812. The molecule has 1 saturated heterocycles. The lowest BCUT2D eigenvalue weighted by Gasteiger charge is -2.44. The number of morpholine rings is 1. The molecule has 33 heavy (non-hydrogen) atoms. The van der Waals surface area contributed by atoms with Crippen LogP contribution in [0.15, 0.2) is 11.8 Å². The quantitative estimate of drug-likeness (QED) is 0.400. The lowest BCUT2D eigenvalue weighted by atomic mass is 10.0. The molecule has 0 spiro atoms. The van der Waals surface area contributed by atoms with Crippen LogP contribution in [0.3, 0.4) is 0 Å². The van der Waals surface area contributed by atoms with Crippen molar-refractivity contribution in [3.63, 3.8) is 0 Å². The largest absolute Gasteiger partial charge is 0.460 e. The second-order valence-corrected chi connectivity index (χ2v) is 9.77. The molecule has 0 saturated carbocycles. The van der Waals surface area contributed by atoms with Gasteiger partial charge >= 0.3 is 39.5 Å². The van der Waals surface area contributed by atoms with Gasteiger partial charge in [-0.15, -0.1) is 0 Å². The molecule has 0 aromatic heterocycles. The van der Waals surface area contributed by atoms with Crippen molar-refractivity contribution in [2.45, 2.75) is 68.2 Å². The van der Waals surface area contributed by atoms with E-state index in [1.165, 1.54) is 20.8 Å². The van der Waals surface area contributed by atoms with Gasteiger partial charge in [0.05, 0.1) is 25.3 Å². The lowest BCUT2D eigenvalue weighted by molar-refractivity contribution is -0.382. The van der Waals surface area contributed by atoms with Crippen LogP contribution in [-0.2, 0) is 23.8 Å². The van der Waals surface area contributed by atoms with Crippen LogP contribution < -0.4 is 0 Å². The Morgan fingerprint density at radius 1 is 1.00 bits per heavy atom. The van der Waals surface area contributed by atoms with Crippen molar-refractivity contribution in [2.24, 2.45) is 0 Å². The number of hydrogen-bond donors (Lipinski definition) is 0. The minimum Gasteiger partial charge on any atom is -0.444 e. The van der Waals surface area contributed by atoms with E-state index in [9.17, 15) is 52.7 Å². The number of rotatable bonds is 5. The molecule has 0 N–H and O–H groups in total. The molecule has 0 radical (unpaired) electrons. The molecule has 2 unspecified atom stereocenters. The molecule has 192 valence electrons. The number of nitrogens with zero attached hydrogens (tertiary/aromatic N) is 1. The van der Waals surface area contributed by atoms with Crippen molar-refractivity contribution in [3.8, 4) is 0 Å². The molecule has 2 rings (SSSR count). The van der Waals surface area contributed by atoms with E-state index in [0.29, 0.717) is 6.08 Å². The number of amides is 1. The smallest absolute Gasteiger partial charge is 0.444 e. The molecule has 0 aliphatic carbocycles. The first-order chi connectivity index (χ1) is 14.6. The summed E-state index contributed by atoms with van der Waals surface area (Å²) in [6, 6.07) is -2.29. The van der Waals surface area contributed by atoms with Crippen LogP contribution >= 0.6 is 0 Å². The summed E-state index contributed by atoms with van der Waals surface area (Å²) in [5.74, 6) is -15.8. The first-order valence-corrected chi connectivity index (χ1v) is 10.4. The van der Waals surface area contributed by atoms with Crippen LogP contribution in [0, 0.1) is 0 Å². The SMILES string of the molecule is CC(C)(C)OC(=O)N1C2C=C(OS(=O)(=O)C(F)(F)C(F)(F)C(F)(F)C(F)(F)F)CC1COC2. The molecular formula is C16H18F9NO6S. The fourth-order valence-electron chi connectivity index (χ4n) is 2.93. The van der Waals surface area contributed by atoms with Crippen molar-refractivity contribution in [2.75, 3.05) is 13.2 Å². The Labute approximate surface area is 181 Å². The van der Waals surface area contributed by atoms with E-state index >= 15 is 0 Å². The van der Waals surface area contributed by atoms with Crippen LogP contribution in [0.4, 0.5) is 44.3 Å². The Hall–Kier alpha value is -1.91. The fourth-order valence-corrected chi connectivity index (χ4v) is 3.88. The molecule has 2 aliphatic rings. The first kappa shape index (κ1) is 27.3. The number of fused-ring (bicyclic) bond motifs is 2. The van der Waals surface area contributed by atoms with Gasteiger partial charge in [-0.3, -0.25) is 4.90 Å². The monoisotopic (exact) mass is 523 g/mol. The highest BCUT2D eigenvalue weighted by Gasteiger charge is 2.86. The van der Waals surface area contributed by atoms with Gasteiger partial charge in [0.1, 0.15) is 11.4 Å². The van der Waals surface area contributed by atoms with E-state index in [1.807, 2.05) is 0 Å². The summed E-state index contributed by atoms with van der Waals surface area (Å²) in [6.07, 6.45) is -8.14. The third-order valence-electron chi connectivity index (χ3n) is 4.42. The summed E-state index contributed by atoms with van der Waals surface area (Å²) in [5, 5.41) is -6.98. The van der Waals surface area contributed by atoms with E-state index in [0.717, 1.165) is 4.90 Å². The summed E-state index contributed by atoms with van der Waals surface area (Å²) >= 11 is 0. The van der Waals surface area contributed by atoms with Gasteiger partial charge in [-0.1, -0.05) is 0 Å². The molecular weight excluding hydrogens is 505 g/mol. The number of ether oxygens (including phenoxy) is 2. The highest BCUT2D eigenvalue weighted by atomic mass is 32.2. The number of carbonyl (C=O) groups is 1. The zero-order chi connectivity index (χ0) is 25.8. The molecule has 1 amide bonds. The summed E-state index contributed by atoms with van der Waals surface area (Å²) in [4.78, 5) is 13.4. The van der Waals surface area contributed by atoms with Gasteiger partial charge in [-0.05, 0) is 26.8 Å². The third kappa shape index (κ3) is 4.83. The van der Waals surface area contributed by atoms with Gasteiger partial charge in [-0.25, -0.2) is 4.79 Å². The second kappa shape index (κ2) is 8.09. The van der Waals surface area contributed by atoms with Gasteiger partial charge in [0.2, 0.25) is 0 Å². The maximum Gasteiger partial charge on any atom is 0.460 e. The topological polar surface area (TPSA) is 82.1 Å². The Bertz CT molecular complexity index is 910. The molecule has 0 aromatic carbocycles. The van der Waals surface area contributed by atoms with E-state index in [1.54, 1.807) is 0 Å². The molecule has 1 fully saturated rings. The Morgan fingerprint density at radius 2 is 1.55 bits per heavy atom. The average Bonchev–Trinajstić information content (AvgIpc) is 2.57. The highest BCUT2D eigenvalue weighted by molar-refractivity contribution is 7.88. The van der Waals surface area contributed by atoms with Gasteiger partial charge in [0.15, 0.2) is 0 Å². The van der Waals surface area contributed by atoms with Crippen molar-refractivity contribution < 1.29 is 66.4 Å². The molecule has 2 bridgehead atoms. The van der Waals surface area contributed by atoms with E-state index in [4.69, 9.17) is 9.47 Å². The molecule has 17 heteroatoms. The molecule has 2 heterocycles. The molecule has 7 nitrogen and oxygen atoms in total. The standard InChI is InChI=1S/C16H18F9NO6S/c1-12(2,3)31-11(27)26-8-4-10(5-9(26)7-30-6-8)32-33(28,29)16(24,25)14(19,20)13(17,18)15(21,22)23/h4,8-9H,5-7H2,1-3H3. The zero-order valence-corrected chi connectivity index (χ0v) is 17.9. The van der Waals surface area contributed by atoms with Crippen molar-refractivity contribution in [1.82, 2.24) is 4.90 Å². The Balaban J connectivity index is 2.34. The van der Waals surface area contributed by atoms with Crippen LogP contribution in [0.25, 0.3) is 0 Å². The lowest BCUT2D eigenvalue weighted by Crippen LogP contribution is -2.63. The van der Waals surface area contributed by atoms with Crippen LogP contribution in [0.1, 0.15) is 27.2 Å². The van der Waals surface area contributed by atoms with Crippen LogP contribution in [0.2, 0.25) is 0 Å². The maximum absolute atomic E-state index is 13.9.